The number of thioether (sulfide) groups is 1. The first-order valence-corrected chi connectivity index (χ1v) is 10.3. The van der Waals surface area contributed by atoms with Gasteiger partial charge in [0, 0.05) is 16.1 Å². The number of carbonyl (C=O) groups excluding carboxylic acids is 2. The third kappa shape index (κ3) is 5.91. The van der Waals surface area contributed by atoms with Crippen molar-refractivity contribution in [2.45, 2.75) is 4.90 Å². The van der Waals surface area contributed by atoms with E-state index in [1.807, 2.05) is 6.26 Å². The van der Waals surface area contributed by atoms with Gasteiger partial charge in [0.25, 0.3) is 0 Å². The van der Waals surface area contributed by atoms with Crippen LogP contribution in [0, 0.1) is 0 Å². The zero-order chi connectivity index (χ0) is 18.4. The van der Waals surface area contributed by atoms with Gasteiger partial charge in [0.05, 0.1) is 11.8 Å². The van der Waals surface area contributed by atoms with Gasteiger partial charge in [0.2, 0.25) is 10.0 Å². The summed E-state index contributed by atoms with van der Waals surface area (Å²) in [5.74, 6) is -0.948. The van der Waals surface area contributed by atoms with E-state index in [4.69, 9.17) is 4.74 Å². The Bertz CT molecular complexity index is 859. The van der Waals surface area contributed by atoms with Crippen molar-refractivity contribution in [3.05, 3.63) is 59.7 Å². The molecule has 132 valence electrons. The SMILES string of the molecule is CSc1ccc(C(=O)OCC(=O)c2ccc(NS(C)(=O)=O)cc2)cc1. The van der Waals surface area contributed by atoms with E-state index in [0.717, 1.165) is 11.2 Å². The highest BCUT2D eigenvalue weighted by Crippen LogP contribution is 2.16. The molecule has 0 saturated heterocycles. The summed E-state index contributed by atoms with van der Waals surface area (Å²) in [7, 11) is -3.37. The quantitative estimate of drug-likeness (QED) is 0.452. The van der Waals surface area contributed by atoms with E-state index in [1.54, 1.807) is 36.0 Å². The third-order valence-corrected chi connectivity index (χ3v) is 4.52. The summed E-state index contributed by atoms with van der Waals surface area (Å²) in [4.78, 5) is 25.0. The number of anilines is 1. The summed E-state index contributed by atoms with van der Waals surface area (Å²) in [5.41, 5.74) is 1.05. The smallest absolute Gasteiger partial charge is 0.338 e. The lowest BCUT2D eigenvalue weighted by molar-refractivity contribution is 0.0474. The molecule has 0 heterocycles. The molecule has 0 aromatic heterocycles. The number of sulfonamides is 1. The summed E-state index contributed by atoms with van der Waals surface area (Å²) < 4.78 is 29.6. The minimum Gasteiger partial charge on any atom is -0.454 e. The molecule has 6 nitrogen and oxygen atoms in total. The standard InChI is InChI=1S/C17H17NO5S2/c1-24-15-9-5-13(6-10-15)17(20)23-11-16(19)12-3-7-14(8-4-12)18-25(2,21)22/h3-10,18H,11H2,1-2H3. The molecule has 0 atom stereocenters. The van der Waals surface area contributed by atoms with E-state index in [9.17, 15) is 18.0 Å². The lowest BCUT2D eigenvalue weighted by atomic mass is 10.1. The molecule has 0 unspecified atom stereocenters. The fourth-order valence-corrected chi connectivity index (χ4v) is 2.94. The number of rotatable bonds is 7. The predicted molar refractivity (Wildman–Crippen MR) is 97.7 cm³/mol. The molecule has 0 aliphatic heterocycles. The van der Waals surface area contributed by atoms with Crippen molar-refractivity contribution in [1.82, 2.24) is 0 Å². The van der Waals surface area contributed by atoms with E-state index in [1.165, 1.54) is 24.3 Å². The number of hydrogen-bond acceptors (Lipinski definition) is 6. The van der Waals surface area contributed by atoms with Crippen LogP contribution in [0.25, 0.3) is 0 Å². The van der Waals surface area contributed by atoms with Crippen molar-refractivity contribution in [3.8, 4) is 0 Å². The van der Waals surface area contributed by atoms with E-state index >= 15 is 0 Å². The Hall–Kier alpha value is -2.32. The van der Waals surface area contributed by atoms with Crippen molar-refractivity contribution in [3.63, 3.8) is 0 Å². The second-order valence-corrected chi connectivity index (χ2v) is 7.81. The molecule has 0 amide bonds. The van der Waals surface area contributed by atoms with E-state index in [2.05, 4.69) is 4.72 Å². The monoisotopic (exact) mass is 379 g/mol. The van der Waals surface area contributed by atoms with Crippen molar-refractivity contribution in [1.29, 1.82) is 0 Å². The molecule has 0 spiro atoms. The van der Waals surface area contributed by atoms with Crippen molar-refractivity contribution in [2.24, 2.45) is 0 Å². The molecule has 0 fully saturated rings. The Balaban J connectivity index is 1.94. The van der Waals surface area contributed by atoms with Gasteiger partial charge in [-0.05, 0) is 54.8 Å². The largest absolute Gasteiger partial charge is 0.454 e. The first-order chi connectivity index (χ1) is 11.8. The van der Waals surface area contributed by atoms with Gasteiger partial charge in [0.1, 0.15) is 0 Å². The van der Waals surface area contributed by atoms with Crippen LogP contribution in [-0.4, -0.2) is 39.3 Å². The minimum absolute atomic E-state index is 0.324. The highest BCUT2D eigenvalue weighted by molar-refractivity contribution is 7.98. The summed E-state index contributed by atoms with van der Waals surface area (Å²) in [6, 6.07) is 12.8. The molecule has 25 heavy (non-hydrogen) atoms. The zero-order valence-corrected chi connectivity index (χ0v) is 15.3. The summed E-state index contributed by atoms with van der Waals surface area (Å²) in [6.45, 7) is -0.387. The second kappa shape index (κ2) is 8.17. The molecular formula is C17H17NO5S2. The second-order valence-electron chi connectivity index (χ2n) is 5.18. The lowest BCUT2D eigenvalue weighted by Gasteiger charge is -2.07. The van der Waals surface area contributed by atoms with Crippen LogP contribution >= 0.6 is 11.8 Å². The highest BCUT2D eigenvalue weighted by Gasteiger charge is 2.12. The maximum Gasteiger partial charge on any atom is 0.338 e. The van der Waals surface area contributed by atoms with Crippen LogP contribution in [0.15, 0.2) is 53.4 Å². The zero-order valence-electron chi connectivity index (χ0n) is 13.7. The predicted octanol–water partition coefficient (Wildman–Crippen LogP) is 2.82. The fraction of sp³-hybridized carbons (Fsp3) is 0.176. The fourth-order valence-electron chi connectivity index (χ4n) is 1.96. The molecular weight excluding hydrogens is 362 g/mol. The summed E-state index contributed by atoms with van der Waals surface area (Å²) in [5, 5.41) is 0. The first-order valence-electron chi connectivity index (χ1n) is 7.21. The number of nitrogens with one attached hydrogen (secondary N) is 1. The lowest BCUT2D eigenvalue weighted by Crippen LogP contribution is -2.14. The molecule has 1 N–H and O–H groups in total. The molecule has 0 radical (unpaired) electrons. The Morgan fingerprint density at radius 1 is 1.00 bits per heavy atom. The number of Topliss-reactive ketones (excluding diaryl/α,β-unsaturated/α-hetero) is 1. The molecule has 2 aromatic carbocycles. The first kappa shape index (κ1) is 19.0. The number of ether oxygens (including phenoxy) is 1. The van der Waals surface area contributed by atoms with Crippen LogP contribution in [0.1, 0.15) is 20.7 Å². The normalized spacial score (nSPS) is 11.0. The van der Waals surface area contributed by atoms with Gasteiger partial charge in [-0.15, -0.1) is 11.8 Å². The van der Waals surface area contributed by atoms with Gasteiger partial charge in [-0.3, -0.25) is 9.52 Å². The molecule has 0 saturated carbocycles. The summed E-state index contributed by atoms with van der Waals surface area (Å²) >= 11 is 1.56. The van der Waals surface area contributed by atoms with Crippen LogP contribution in [0.2, 0.25) is 0 Å². The van der Waals surface area contributed by atoms with Crippen LogP contribution in [-0.2, 0) is 14.8 Å². The summed E-state index contributed by atoms with van der Waals surface area (Å²) in [6.07, 6.45) is 2.97. The average molecular weight is 379 g/mol. The van der Waals surface area contributed by atoms with Crippen molar-refractivity contribution in [2.75, 3.05) is 23.8 Å². The third-order valence-electron chi connectivity index (χ3n) is 3.17. The molecule has 2 aromatic rings. The molecule has 8 heteroatoms. The highest BCUT2D eigenvalue weighted by atomic mass is 32.2. The maximum absolute atomic E-state index is 12.1. The Morgan fingerprint density at radius 2 is 1.56 bits per heavy atom. The number of carbonyl (C=O) groups is 2. The topological polar surface area (TPSA) is 89.5 Å². The number of hydrogen-bond donors (Lipinski definition) is 1. The Labute approximate surface area is 150 Å². The van der Waals surface area contributed by atoms with Crippen molar-refractivity contribution < 1.29 is 22.7 Å². The number of esters is 1. The maximum atomic E-state index is 12.1. The Morgan fingerprint density at radius 3 is 2.08 bits per heavy atom. The van der Waals surface area contributed by atoms with Crippen LogP contribution in [0.4, 0.5) is 5.69 Å². The van der Waals surface area contributed by atoms with E-state index in [-0.39, 0.29) is 12.4 Å². The molecule has 0 aliphatic carbocycles. The average Bonchev–Trinajstić information content (AvgIpc) is 2.58. The van der Waals surface area contributed by atoms with Gasteiger partial charge < -0.3 is 4.74 Å². The van der Waals surface area contributed by atoms with Crippen LogP contribution < -0.4 is 4.72 Å². The van der Waals surface area contributed by atoms with Crippen LogP contribution in [0.5, 0.6) is 0 Å². The number of ketones is 1. The van der Waals surface area contributed by atoms with E-state index in [0.29, 0.717) is 16.8 Å². The molecule has 2 rings (SSSR count). The molecule has 0 bridgehead atoms. The van der Waals surface area contributed by atoms with Gasteiger partial charge >= 0.3 is 5.97 Å². The number of benzene rings is 2. The van der Waals surface area contributed by atoms with Gasteiger partial charge in [-0.25, -0.2) is 13.2 Å². The molecule has 0 aliphatic rings. The van der Waals surface area contributed by atoms with Gasteiger partial charge in [0.15, 0.2) is 12.4 Å². The van der Waals surface area contributed by atoms with E-state index < -0.39 is 16.0 Å². The Kier molecular flexibility index (Phi) is 6.22. The van der Waals surface area contributed by atoms with Gasteiger partial charge in [-0.1, -0.05) is 0 Å². The minimum atomic E-state index is -3.37. The van der Waals surface area contributed by atoms with Crippen LogP contribution in [0.3, 0.4) is 0 Å². The van der Waals surface area contributed by atoms with Crippen molar-refractivity contribution >= 4 is 39.2 Å². The van der Waals surface area contributed by atoms with Gasteiger partial charge in [-0.2, -0.15) is 0 Å².